The Morgan fingerprint density at radius 2 is 1.86 bits per heavy atom. The third-order valence-corrected chi connectivity index (χ3v) is 4.84. The maximum absolute atomic E-state index is 12.7. The quantitative estimate of drug-likeness (QED) is 0.531. The molecule has 1 aliphatic heterocycles. The molecule has 0 aliphatic carbocycles. The van der Waals surface area contributed by atoms with Crippen LogP contribution in [0.3, 0.4) is 0 Å². The Kier molecular flexibility index (Phi) is 6.28. The van der Waals surface area contributed by atoms with Crippen LogP contribution in [0.2, 0.25) is 0 Å². The molecule has 7 heteroatoms. The summed E-state index contributed by atoms with van der Waals surface area (Å²) < 4.78 is 10.6. The van der Waals surface area contributed by atoms with Crippen molar-refractivity contribution in [3.8, 4) is 11.5 Å². The van der Waals surface area contributed by atoms with Gasteiger partial charge in [-0.05, 0) is 44.2 Å². The molecule has 3 N–H and O–H groups in total. The molecule has 0 radical (unpaired) electrons. The highest BCUT2D eigenvalue weighted by atomic mass is 16.7. The summed E-state index contributed by atoms with van der Waals surface area (Å²) in [7, 11) is 1.78. The molecular weight excluding hydrogens is 358 g/mol. The van der Waals surface area contributed by atoms with Crippen molar-refractivity contribution >= 4 is 11.7 Å². The Labute approximate surface area is 164 Å². The molecule has 28 heavy (non-hydrogen) atoms. The second-order valence-electron chi connectivity index (χ2n) is 6.86. The average Bonchev–Trinajstić information content (AvgIpc) is 3.19. The van der Waals surface area contributed by atoms with Crippen LogP contribution < -0.4 is 20.5 Å². The highest BCUT2D eigenvalue weighted by molar-refractivity contribution is 6.00. The number of likely N-dealkylation sites (N-methyl/N-ethyl adjacent to an activating group) is 1. The van der Waals surface area contributed by atoms with Crippen molar-refractivity contribution in [1.82, 2.24) is 10.2 Å². The molecule has 0 aromatic heterocycles. The van der Waals surface area contributed by atoms with Crippen molar-refractivity contribution in [1.29, 1.82) is 0 Å². The summed E-state index contributed by atoms with van der Waals surface area (Å²) in [5.41, 5.74) is 7.53. The van der Waals surface area contributed by atoms with Gasteiger partial charge in [-0.25, -0.2) is 0 Å². The molecule has 0 bridgehead atoms. The molecule has 3 rings (SSSR count). The van der Waals surface area contributed by atoms with Gasteiger partial charge in [-0.15, -0.1) is 0 Å². The highest BCUT2D eigenvalue weighted by Crippen LogP contribution is 2.32. The van der Waals surface area contributed by atoms with Crippen molar-refractivity contribution in [2.24, 2.45) is 5.73 Å². The van der Waals surface area contributed by atoms with E-state index in [2.05, 4.69) is 5.32 Å². The number of carbonyl (C=O) groups is 2. The minimum absolute atomic E-state index is 0.0661. The molecule has 1 amide bonds. The number of amides is 1. The number of hydrogen-bond acceptors (Lipinski definition) is 6. The lowest BCUT2D eigenvalue weighted by molar-refractivity contribution is -0.123. The zero-order valence-corrected chi connectivity index (χ0v) is 16.1. The van der Waals surface area contributed by atoms with E-state index in [1.807, 2.05) is 30.3 Å². The number of nitrogens with one attached hydrogen (secondary N) is 1. The first kappa shape index (κ1) is 19.9. The van der Waals surface area contributed by atoms with E-state index in [1.54, 1.807) is 37.1 Å². The first-order valence-corrected chi connectivity index (χ1v) is 9.17. The molecule has 1 heterocycles. The van der Waals surface area contributed by atoms with Crippen molar-refractivity contribution in [3.05, 3.63) is 59.7 Å². The van der Waals surface area contributed by atoms with Gasteiger partial charge in [-0.1, -0.05) is 30.3 Å². The number of rotatable bonds is 8. The van der Waals surface area contributed by atoms with Crippen LogP contribution in [0.5, 0.6) is 11.5 Å². The van der Waals surface area contributed by atoms with Gasteiger partial charge >= 0.3 is 0 Å². The van der Waals surface area contributed by atoms with E-state index in [-0.39, 0.29) is 25.2 Å². The molecule has 148 valence electrons. The van der Waals surface area contributed by atoms with Gasteiger partial charge in [0.25, 0.3) is 0 Å². The van der Waals surface area contributed by atoms with Gasteiger partial charge in [-0.3, -0.25) is 14.5 Å². The van der Waals surface area contributed by atoms with E-state index in [4.69, 9.17) is 15.2 Å². The molecular formula is C21H25N3O4. The van der Waals surface area contributed by atoms with E-state index in [0.29, 0.717) is 23.5 Å². The number of benzene rings is 2. The zero-order chi connectivity index (χ0) is 20.1. The largest absolute Gasteiger partial charge is 0.454 e. The Hall–Kier alpha value is -2.90. The monoisotopic (exact) mass is 383 g/mol. The number of Topliss-reactive ketones (excluding diaryl/α,β-unsaturated/α-hetero) is 1. The van der Waals surface area contributed by atoms with E-state index in [0.717, 1.165) is 5.56 Å². The molecule has 2 aromatic carbocycles. The molecule has 0 saturated heterocycles. The summed E-state index contributed by atoms with van der Waals surface area (Å²) in [6.07, 6.45) is 0.460. The molecule has 0 spiro atoms. The second-order valence-corrected chi connectivity index (χ2v) is 6.86. The van der Waals surface area contributed by atoms with Gasteiger partial charge in [0.2, 0.25) is 12.7 Å². The van der Waals surface area contributed by atoms with E-state index < -0.39 is 12.1 Å². The summed E-state index contributed by atoms with van der Waals surface area (Å²) in [4.78, 5) is 26.8. The summed E-state index contributed by atoms with van der Waals surface area (Å²) in [6.45, 7) is 2.18. The first-order valence-electron chi connectivity index (χ1n) is 9.17. The predicted molar refractivity (Wildman–Crippen MR) is 105 cm³/mol. The van der Waals surface area contributed by atoms with Crippen LogP contribution in [0.25, 0.3) is 0 Å². The van der Waals surface area contributed by atoms with Crippen LogP contribution >= 0.6 is 0 Å². The fraction of sp³-hybridized carbons (Fsp3) is 0.333. The molecule has 1 aliphatic rings. The summed E-state index contributed by atoms with van der Waals surface area (Å²) in [6, 6.07) is 13.7. The fourth-order valence-corrected chi connectivity index (χ4v) is 2.92. The normalized spacial score (nSPS) is 14.6. The third kappa shape index (κ3) is 4.68. The highest BCUT2D eigenvalue weighted by Gasteiger charge is 2.23. The summed E-state index contributed by atoms with van der Waals surface area (Å²) >= 11 is 0. The number of hydrogen-bond donors (Lipinski definition) is 2. The summed E-state index contributed by atoms with van der Waals surface area (Å²) in [5, 5.41) is 2.80. The molecule has 2 unspecified atom stereocenters. The van der Waals surface area contributed by atoms with Crippen molar-refractivity contribution in [2.75, 3.05) is 20.5 Å². The Morgan fingerprint density at radius 3 is 2.61 bits per heavy atom. The topological polar surface area (TPSA) is 93.9 Å². The van der Waals surface area contributed by atoms with Crippen LogP contribution in [0.4, 0.5) is 0 Å². The van der Waals surface area contributed by atoms with E-state index in [1.165, 1.54) is 0 Å². The van der Waals surface area contributed by atoms with Gasteiger partial charge in [-0.2, -0.15) is 0 Å². The molecule has 2 aromatic rings. The smallest absolute Gasteiger partial charge is 0.238 e. The number of nitrogens with zero attached hydrogens (tertiary/aromatic N) is 1. The standard InChI is InChI=1S/C21H25N3O4/c1-14(20(25)16-8-9-18-19(11-16)28-13-27-18)24(2)12-23-21(26)17(22)10-15-6-4-3-5-7-15/h3-9,11,14,17H,10,12-13,22H2,1-2H3,(H,23,26). The second kappa shape index (κ2) is 8.86. The van der Waals surface area contributed by atoms with Crippen molar-refractivity contribution in [2.45, 2.75) is 25.4 Å². The molecule has 7 nitrogen and oxygen atoms in total. The Morgan fingerprint density at radius 1 is 1.14 bits per heavy atom. The Balaban J connectivity index is 1.51. The number of carbonyl (C=O) groups excluding carboxylic acids is 2. The lowest BCUT2D eigenvalue weighted by Crippen LogP contribution is -2.48. The fourth-order valence-electron chi connectivity index (χ4n) is 2.92. The maximum atomic E-state index is 12.7. The zero-order valence-electron chi connectivity index (χ0n) is 16.1. The number of ether oxygens (including phenoxy) is 2. The van der Waals surface area contributed by atoms with Gasteiger partial charge in [0.1, 0.15) is 0 Å². The molecule has 0 saturated carbocycles. The van der Waals surface area contributed by atoms with Gasteiger partial charge in [0.05, 0.1) is 18.8 Å². The van der Waals surface area contributed by atoms with Crippen LogP contribution in [0.15, 0.2) is 48.5 Å². The maximum Gasteiger partial charge on any atom is 0.238 e. The van der Waals surface area contributed by atoms with Crippen LogP contribution in [-0.4, -0.2) is 49.2 Å². The van der Waals surface area contributed by atoms with E-state index in [9.17, 15) is 9.59 Å². The van der Waals surface area contributed by atoms with Crippen LogP contribution in [0, 0.1) is 0 Å². The first-order chi connectivity index (χ1) is 13.5. The lowest BCUT2D eigenvalue weighted by atomic mass is 10.0. The average molecular weight is 383 g/mol. The van der Waals surface area contributed by atoms with Crippen molar-refractivity contribution < 1.29 is 19.1 Å². The van der Waals surface area contributed by atoms with Crippen LogP contribution in [-0.2, 0) is 11.2 Å². The van der Waals surface area contributed by atoms with Crippen molar-refractivity contribution in [3.63, 3.8) is 0 Å². The summed E-state index contributed by atoms with van der Waals surface area (Å²) in [5.74, 6) is 0.889. The Bertz CT molecular complexity index is 841. The molecule has 2 atom stereocenters. The minimum Gasteiger partial charge on any atom is -0.454 e. The predicted octanol–water partition coefficient (Wildman–Crippen LogP) is 1.56. The molecule has 0 fully saturated rings. The third-order valence-electron chi connectivity index (χ3n) is 4.84. The van der Waals surface area contributed by atoms with E-state index >= 15 is 0 Å². The number of ketones is 1. The lowest BCUT2D eigenvalue weighted by Gasteiger charge is -2.24. The van der Waals surface area contributed by atoms with Gasteiger partial charge in [0.15, 0.2) is 17.3 Å². The number of nitrogens with two attached hydrogens (primary N) is 1. The van der Waals surface area contributed by atoms with Gasteiger partial charge < -0.3 is 20.5 Å². The SMILES string of the molecule is CC(C(=O)c1ccc2c(c1)OCO2)N(C)CNC(=O)C(N)Cc1ccccc1. The number of fused-ring (bicyclic) bond motifs is 1. The van der Waals surface area contributed by atoms with Crippen LogP contribution in [0.1, 0.15) is 22.8 Å². The minimum atomic E-state index is -0.643. The van der Waals surface area contributed by atoms with Gasteiger partial charge in [0, 0.05) is 5.56 Å².